The second-order valence-corrected chi connectivity index (χ2v) is 7.69. The third-order valence-electron chi connectivity index (χ3n) is 3.90. The summed E-state index contributed by atoms with van der Waals surface area (Å²) in [4.78, 5) is 22.5. The summed E-state index contributed by atoms with van der Waals surface area (Å²) in [5.41, 5.74) is 3.02. The molecule has 1 aromatic carbocycles. The summed E-state index contributed by atoms with van der Waals surface area (Å²) in [6.45, 7) is 0.125. The molecule has 4 rings (SSSR count). The van der Waals surface area contributed by atoms with Gasteiger partial charge in [0.2, 0.25) is 0 Å². The Labute approximate surface area is 170 Å². The number of ether oxygens (including phenoxy) is 1. The largest absolute Gasteiger partial charge is 0.456 e. The molecule has 0 saturated carbocycles. The topological polar surface area (TPSA) is 52.1 Å². The number of carbonyl (C=O) groups is 1. The standard InChI is InChI=1S/C22H16N2O2S2/c25-22(18(20-10-6-12-27-20)13-16-7-2-1-3-8-16)26-14-17-15-28-21(24-17)19-9-4-5-11-23-19/h1-13,15H,14H2/b18-13+. The van der Waals surface area contributed by atoms with Crippen molar-refractivity contribution in [3.05, 3.63) is 93.8 Å². The Morgan fingerprint density at radius 2 is 1.86 bits per heavy atom. The Kier molecular flexibility index (Phi) is 5.70. The molecule has 0 N–H and O–H groups in total. The normalized spacial score (nSPS) is 11.4. The second-order valence-electron chi connectivity index (χ2n) is 5.88. The number of benzene rings is 1. The lowest BCUT2D eigenvalue weighted by molar-refractivity contribution is -0.137. The van der Waals surface area contributed by atoms with Crippen LogP contribution in [0.25, 0.3) is 22.4 Å². The van der Waals surface area contributed by atoms with Crippen LogP contribution in [-0.2, 0) is 16.1 Å². The SMILES string of the molecule is O=C(OCc1csc(-c2ccccn2)n1)/C(=C/c1ccccc1)c1cccs1. The van der Waals surface area contributed by atoms with Crippen LogP contribution in [-0.4, -0.2) is 15.9 Å². The van der Waals surface area contributed by atoms with Crippen molar-refractivity contribution in [2.75, 3.05) is 0 Å². The molecule has 138 valence electrons. The number of hydrogen-bond acceptors (Lipinski definition) is 6. The highest BCUT2D eigenvalue weighted by Gasteiger charge is 2.16. The molecular weight excluding hydrogens is 388 g/mol. The number of thiophene rings is 1. The first-order valence-electron chi connectivity index (χ1n) is 8.63. The summed E-state index contributed by atoms with van der Waals surface area (Å²) in [5.74, 6) is -0.362. The minimum Gasteiger partial charge on any atom is -0.456 e. The third-order valence-corrected chi connectivity index (χ3v) is 5.72. The van der Waals surface area contributed by atoms with Crippen LogP contribution >= 0.6 is 22.7 Å². The molecule has 0 atom stereocenters. The molecule has 0 spiro atoms. The van der Waals surface area contributed by atoms with Crippen LogP contribution in [0.3, 0.4) is 0 Å². The maximum absolute atomic E-state index is 12.8. The zero-order valence-corrected chi connectivity index (χ0v) is 16.5. The Hall–Kier alpha value is -3.09. The number of aromatic nitrogens is 2. The van der Waals surface area contributed by atoms with E-state index in [2.05, 4.69) is 9.97 Å². The molecule has 6 heteroatoms. The lowest BCUT2D eigenvalue weighted by Gasteiger charge is -2.06. The molecule has 28 heavy (non-hydrogen) atoms. The van der Waals surface area contributed by atoms with Crippen molar-refractivity contribution in [3.8, 4) is 10.7 Å². The van der Waals surface area contributed by atoms with Gasteiger partial charge in [-0.3, -0.25) is 4.98 Å². The van der Waals surface area contributed by atoms with Gasteiger partial charge in [0.1, 0.15) is 11.6 Å². The first-order chi connectivity index (χ1) is 13.8. The van der Waals surface area contributed by atoms with Gasteiger partial charge in [0, 0.05) is 16.5 Å². The van der Waals surface area contributed by atoms with E-state index in [0.29, 0.717) is 11.3 Å². The molecule has 0 aliphatic carbocycles. The van der Waals surface area contributed by atoms with Crippen LogP contribution in [0.2, 0.25) is 0 Å². The van der Waals surface area contributed by atoms with Crippen molar-refractivity contribution < 1.29 is 9.53 Å². The van der Waals surface area contributed by atoms with E-state index in [1.54, 1.807) is 6.20 Å². The molecule has 0 aliphatic heterocycles. The van der Waals surface area contributed by atoms with Crippen LogP contribution in [0.5, 0.6) is 0 Å². The molecule has 0 radical (unpaired) electrons. The van der Waals surface area contributed by atoms with E-state index in [1.165, 1.54) is 22.7 Å². The minimum absolute atomic E-state index is 0.125. The maximum atomic E-state index is 12.8. The van der Waals surface area contributed by atoms with Crippen molar-refractivity contribution in [1.82, 2.24) is 9.97 Å². The smallest absolute Gasteiger partial charge is 0.339 e. The van der Waals surface area contributed by atoms with Gasteiger partial charge >= 0.3 is 5.97 Å². The number of nitrogens with zero attached hydrogens (tertiary/aromatic N) is 2. The highest BCUT2D eigenvalue weighted by Crippen LogP contribution is 2.26. The lowest BCUT2D eigenvalue weighted by Crippen LogP contribution is -2.07. The number of rotatable bonds is 6. The zero-order valence-electron chi connectivity index (χ0n) is 14.8. The fourth-order valence-corrected chi connectivity index (χ4v) is 4.09. The Morgan fingerprint density at radius 1 is 1.00 bits per heavy atom. The number of thiazole rings is 1. The van der Waals surface area contributed by atoms with E-state index in [-0.39, 0.29) is 12.6 Å². The van der Waals surface area contributed by atoms with Crippen molar-refractivity contribution in [2.24, 2.45) is 0 Å². The summed E-state index contributed by atoms with van der Waals surface area (Å²) in [6, 6.07) is 19.3. The molecule has 0 unspecified atom stereocenters. The van der Waals surface area contributed by atoms with Gasteiger partial charge in [-0.1, -0.05) is 42.5 Å². The van der Waals surface area contributed by atoms with Gasteiger partial charge in [0.05, 0.1) is 17.0 Å². The van der Waals surface area contributed by atoms with E-state index in [1.807, 2.05) is 77.5 Å². The van der Waals surface area contributed by atoms with E-state index in [0.717, 1.165) is 21.1 Å². The average Bonchev–Trinajstić information content (AvgIpc) is 3.44. The molecule has 0 aliphatic rings. The van der Waals surface area contributed by atoms with E-state index >= 15 is 0 Å². The average molecular weight is 405 g/mol. The summed E-state index contributed by atoms with van der Waals surface area (Å²) in [7, 11) is 0. The monoisotopic (exact) mass is 404 g/mol. The number of pyridine rings is 1. The van der Waals surface area contributed by atoms with Crippen LogP contribution in [0, 0.1) is 0 Å². The number of carbonyl (C=O) groups excluding carboxylic acids is 1. The maximum Gasteiger partial charge on any atom is 0.339 e. The molecule has 3 aromatic heterocycles. The molecule has 0 amide bonds. The van der Waals surface area contributed by atoms with Crippen LogP contribution in [0.1, 0.15) is 16.1 Å². The highest BCUT2D eigenvalue weighted by molar-refractivity contribution is 7.13. The Morgan fingerprint density at radius 3 is 2.61 bits per heavy atom. The number of hydrogen-bond donors (Lipinski definition) is 0. The van der Waals surface area contributed by atoms with Gasteiger partial charge in [-0.15, -0.1) is 22.7 Å². The summed E-state index contributed by atoms with van der Waals surface area (Å²) >= 11 is 3.00. The van der Waals surface area contributed by atoms with Crippen molar-refractivity contribution in [3.63, 3.8) is 0 Å². The zero-order chi connectivity index (χ0) is 19.2. The van der Waals surface area contributed by atoms with Gasteiger partial charge in [0.15, 0.2) is 0 Å². The molecule has 0 saturated heterocycles. The van der Waals surface area contributed by atoms with E-state index < -0.39 is 0 Å². The lowest BCUT2D eigenvalue weighted by atomic mass is 10.1. The van der Waals surface area contributed by atoms with E-state index in [4.69, 9.17) is 4.74 Å². The van der Waals surface area contributed by atoms with Crippen LogP contribution in [0.15, 0.2) is 77.6 Å². The molecule has 4 nitrogen and oxygen atoms in total. The molecule has 0 bridgehead atoms. The van der Waals surface area contributed by atoms with Crippen molar-refractivity contribution in [1.29, 1.82) is 0 Å². The molecular formula is C22H16N2O2S2. The quantitative estimate of drug-likeness (QED) is 0.312. The van der Waals surface area contributed by atoms with Gasteiger partial charge < -0.3 is 4.74 Å². The summed E-state index contributed by atoms with van der Waals surface area (Å²) in [5, 5.41) is 4.65. The van der Waals surface area contributed by atoms with Crippen molar-refractivity contribution in [2.45, 2.75) is 6.61 Å². The molecule has 3 heterocycles. The van der Waals surface area contributed by atoms with Crippen LogP contribution < -0.4 is 0 Å². The fraction of sp³-hybridized carbons (Fsp3) is 0.0455. The van der Waals surface area contributed by atoms with Crippen molar-refractivity contribution >= 4 is 40.3 Å². The predicted octanol–water partition coefficient (Wildman–Crippen LogP) is 5.55. The first kappa shape index (κ1) is 18.3. The van der Waals surface area contributed by atoms with Crippen LogP contribution in [0.4, 0.5) is 0 Å². The third kappa shape index (κ3) is 4.42. The van der Waals surface area contributed by atoms with Gasteiger partial charge in [0.25, 0.3) is 0 Å². The minimum atomic E-state index is -0.362. The first-order valence-corrected chi connectivity index (χ1v) is 10.4. The van der Waals surface area contributed by atoms with Gasteiger partial charge in [-0.2, -0.15) is 0 Å². The second kappa shape index (κ2) is 8.73. The molecule has 0 fully saturated rings. The summed E-state index contributed by atoms with van der Waals surface area (Å²) in [6.07, 6.45) is 3.59. The highest BCUT2D eigenvalue weighted by atomic mass is 32.1. The fourth-order valence-electron chi connectivity index (χ4n) is 2.58. The van der Waals surface area contributed by atoms with Gasteiger partial charge in [-0.25, -0.2) is 9.78 Å². The Bertz CT molecular complexity index is 1070. The summed E-state index contributed by atoms with van der Waals surface area (Å²) < 4.78 is 5.56. The Balaban J connectivity index is 1.50. The predicted molar refractivity (Wildman–Crippen MR) is 114 cm³/mol. The number of esters is 1. The molecule has 4 aromatic rings. The van der Waals surface area contributed by atoms with Gasteiger partial charge in [-0.05, 0) is 35.2 Å². The van der Waals surface area contributed by atoms with E-state index in [9.17, 15) is 4.79 Å².